The molecular formula is C11H18N2S. The molecule has 78 valence electrons. The average molecular weight is 210 g/mol. The summed E-state index contributed by atoms with van der Waals surface area (Å²) in [7, 11) is 2.04. The number of rotatable bonds is 3. The second-order valence-electron chi connectivity index (χ2n) is 4.31. The Morgan fingerprint density at radius 3 is 2.50 bits per heavy atom. The monoisotopic (exact) mass is 210 g/mol. The summed E-state index contributed by atoms with van der Waals surface area (Å²) in [6.07, 6.45) is 4.03. The predicted molar refractivity (Wildman–Crippen MR) is 61.0 cm³/mol. The molecule has 0 aromatic carbocycles. The van der Waals surface area contributed by atoms with Gasteiger partial charge in [0.25, 0.3) is 0 Å². The molecule has 1 N–H and O–H groups in total. The second-order valence-corrected chi connectivity index (χ2v) is 5.51. The van der Waals surface area contributed by atoms with Crippen molar-refractivity contribution >= 4 is 11.3 Å². The lowest BCUT2D eigenvalue weighted by Crippen LogP contribution is -2.42. The van der Waals surface area contributed by atoms with Crippen molar-refractivity contribution in [2.24, 2.45) is 0 Å². The third-order valence-corrected chi connectivity index (χ3v) is 4.53. The normalized spacial score (nSPS) is 19.4. The van der Waals surface area contributed by atoms with Crippen molar-refractivity contribution < 1.29 is 0 Å². The van der Waals surface area contributed by atoms with E-state index in [1.807, 2.05) is 18.4 Å². The lowest BCUT2D eigenvalue weighted by molar-refractivity contribution is 0.243. The van der Waals surface area contributed by atoms with Crippen LogP contribution in [0.25, 0.3) is 0 Å². The van der Waals surface area contributed by atoms with Crippen LogP contribution in [0, 0.1) is 13.8 Å². The number of thiazole rings is 1. The number of aryl methyl sites for hydroxylation is 2. The first kappa shape index (κ1) is 10.1. The summed E-state index contributed by atoms with van der Waals surface area (Å²) in [6, 6.07) is 0. The highest BCUT2D eigenvalue weighted by atomic mass is 32.1. The summed E-state index contributed by atoms with van der Waals surface area (Å²) >= 11 is 1.89. The molecule has 0 spiro atoms. The Morgan fingerprint density at radius 1 is 1.43 bits per heavy atom. The van der Waals surface area contributed by atoms with Gasteiger partial charge in [-0.05, 0) is 33.7 Å². The van der Waals surface area contributed by atoms with Crippen molar-refractivity contribution in [1.29, 1.82) is 0 Å². The molecule has 0 unspecified atom stereocenters. The molecule has 1 saturated carbocycles. The molecule has 14 heavy (non-hydrogen) atoms. The molecule has 3 heteroatoms. The van der Waals surface area contributed by atoms with E-state index in [-0.39, 0.29) is 0 Å². The van der Waals surface area contributed by atoms with Gasteiger partial charge in [-0.1, -0.05) is 6.42 Å². The maximum atomic E-state index is 4.53. The molecule has 0 bridgehead atoms. The van der Waals surface area contributed by atoms with Crippen molar-refractivity contribution in [3.63, 3.8) is 0 Å². The van der Waals surface area contributed by atoms with Gasteiger partial charge in [0, 0.05) is 16.8 Å². The first-order chi connectivity index (χ1) is 6.68. The minimum absolute atomic E-state index is 0.421. The minimum Gasteiger partial charge on any atom is -0.319 e. The quantitative estimate of drug-likeness (QED) is 0.828. The molecule has 0 amide bonds. The van der Waals surface area contributed by atoms with Crippen molar-refractivity contribution in [2.75, 3.05) is 13.6 Å². The smallest absolute Gasteiger partial charge is 0.0900 e. The van der Waals surface area contributed by atoms with Crippen molar-refractivity contribution in [1.82, 2.24) is 10.3 Å². The fraction of sp³-hybridized carbons (Fsp3) is 0.727. The van der Waals surface area contributed by atoms with Gasteiger partial charge < -0.3 is 5.32 Å². The predicted octanol–water partition coefficient (Wildman–Crippen LogP) is 2.40. The largest absolute Gasteiger partial charge is 0.319 e. The Hall–Kier alpha value is -0.410. The van der Waals surface area contributed by atoms with Crippen LogP contribution in [0.15, 0.2) is 0 Å². The fourth-order valence-electron chi connectivity index (χ4n) is 2.45. The Morgan fingerprint density at radius 2 is 2.14 bits per heavy atom. The third kappa shape index (κ3) is 1.48. The van der Waals surface area contributed by atoms with Gasteiger partial charge >= 0.3 is 0 Å². The van der Waals surface area contributed by atoms with Crippen LogP contribution in [-0.4, -0.2) is 18.6 Å². The van der Waals surface area contributed by atoms with Crippen LogP contribution < -0.4 is 5.32 Å². The number of hydrogen-bond acceptors (Lipinski definition) is 3. The fourth-order valence-corrected chi connectivity index (χ4v) is 3.61. The molecule has 1 heterocycles. The van der Waals surface area contributed by atoms with Crippen LogP contribution in [0.5, 0.6) is 0 Å². The Bertz CT molecular complexity index is 326. The van der Waals surface area contributed by atoms with E-state index in [9.17, 15) is 0 Å². The van der Waals surface area contributed by atoms with Gasteiger partial charge in [-0.25, -0.2) is 4.98 Å². The summed E-state index contributed by atoms with van der Waals surface area (Å²) in [6.45, 7) is 5.36. The van der Waals surface area contributed by atoms with Crippen LogP contribution >= 0.6 is 11.3 Å². The zero-order valence-corrected chi connectivity index (χ0v) is 10.0. The van der Waals surface area contributed by atoms with E-state index in [4.69, 9.17) is 0 Å². The number of likely N-dealkylation sites (N-methyl/N-ethyl adjacent to an activating group) is 1. The van der Waals surface area contributed by atoms with E-state index in [0.29, 0.717) is 5.41 Å². The summed E-state index contributed by atoms with van der Waals surface area (Å²) in [5.74, 6) is 0. The molecule has 2 nitrogen and oxygen atoms in total. The lowest BCUT2D eigenvalue weighted by Gasteiger charge is -2.41. The van der Waals surface area contributed by atoms with Crippen LogP contribution in [0.2, 0.25) is 0 Å². The zero-order valence-electron chi connectivity index (χ0n) is 9.18. The summed E-state index contributed by atoms with van der Waals surface area (Å²) in [5, 5.41) is 4.53. The highest BCUT2D eigenvalue weighted by molar-refractivity contribution is 7.11. The summed E-state index contributed by atoms with van der Waals surface area (Å²) in [5.41, 5.74) is 1.67. The van der Waals surface area contributed by atoms with Gasteiger partial charge in [0.1, 0.15) is 0 Å². The van der Waals surface area contributed by atoms with Crippen LogP contribution in [0.3, 0.4) is 0 Å². The summed E-state index contributed by atoms with van der Waals surface area (Å²) in [4.78, 5) is 6.06. The van der Waals surface area contributed by atoms with E-state index in [0.717, 1.165) is 6.54 Å². The highest BCUT2D eigenvalue weighted by Gasteiger charge is 2.40. The van der Waals surface area contributed by atoms with E-state index in [1.165, 1.54) is 34.8 Å². The average Bonchev–Trinajstić information content (AvgIpc) is 2.38. The lowest BCUT2D eigenvalue weighted by atomic mass is 9.67. The minimum atomic E-state index is 0.421. The van der Waals surface area contributed by atoms with Crippen molar-refractivity contribution in [3.05, 3.63) is 15.6 Å². The number of nitrogens with one attached hydrogen (secondary N) is 1. The highest BCUT2D eigenvalue weighted by Crippen LogP contribution is 2.46. The van der Waals surface area contributed by atoms with Crippen LogP contribution in [-0.2, 0) is 5.41 Å². The first-order valence-corrected chi connectivity index (χ1v) is 6.09. The van der Waals surface area contributed by atoms with Gasteiger partial charge in [-0.15, -0.1) is 11.3 Å². The van der Waals surface area contributed by atoms with E-state index < -0.39 is 0 Å². The molecular weight excluding hydrogens is 192 g/mol. The Labute approximate surface area is 89.8 Å². The van der Waals surface area contributed by atoms with Crippen molar-refractivity contribution in [3.8, 4) is 0 Å². The number of aromatic nitrogens is 1. The molecule has 1 aliphatic carbocycles. The van der Waals surface area contributed by atoms with Gasteiger partial charge in [0.05, 0.1) is 10.7 Å². The van der Waals surface area contributed by atoms with Gasteiger partial charge in [0.15, 0.2) is 0 Å². The molecule has 1 fully saturated rings. The van der Waals surface area contributed by atoms with Crippen molar-refractivity contribution in [2.45, 2.75) is 38.5 Å². The third-order valence-electron chi connectivity index (χ3n) is 3.21. The van der Waals surface area contributed by atoms with Crippen LogP contribution in [0.4, 0.5) is 0 Å². The molecule has 1 aliphatic rings. The standard InChI is InChI=1S/C11H18N2S/c1-8-10(14-9(2)13-8)11(7-12-3)5-4-6-11/h12H,4-7H2,1-3H3. The second kappa shape index (κ2) is 3.63. The zero-order chi connectivity index (χ0) is 10.2. The molecule has 1 aromatic rings. The first-order valence-electron chi connectivity index (χ1n) is 5.27. The summed E-state index contributed by atoms with van der Waals surface area (Å²) < 4.78 is 0. The van der Waals surface area contributed by atoms with Gasteiger partial charge in [0.2, 0.25) is 0 Å². The maximum Gasteiger partial charge on any atom is 0.0900 e. The molecule has 2 rings (SSSR count). The molecule has 0 atom stereocenters. The van der Waals surface area contributed by atoms with E-state index >= 15 is 0 Å². The van der Waals surface area contributed by atoms with Crippen LogP contribution in [0.1, 0.15) is 34.8 Å². The molecule has 0 saturated heterocycles. The maximum absolute atomic E-state index is 4.53. The Kier molecular flexibility index (Phi) is 2.62. The molecule has 0 aliphatic heterocycles. The topological polar surface area (TPSA) is 24.9 Å². The van der Waals surface area contributed by atoms with Gasteiger partial charge in [-0.2, -0.15) is 0 Å². The van der Waals surface area contributed by atoms with E-state index in [1.54, 1.807) is 0 Å². The number of hydrogen-bond donors (Lipinski definition) is 1. The Balaban J connectivity index is 2.31. The molecule has 0 radical (unpaired) electrons. The number of nitrogens with zero attached hydrogens (tertiary/aromatic N) is 1. The van der Waals surface area contributed by atoms with E-state index in [2.05, 4.69) is 24.1 Å². The molecule has 1 aromatic heterocycles. The van der Waals surface area contributed by atoms with Gasteiger partial charge in [-0.3, -0.25) is 0 Å². The SMILES string of the molecule is CNCC1(c2sc(C)nc2C)CCC1.